The second-order valence-corrected chi connectivity index (χ2v) is 11.0. The molecule has 0 aromatic carbocycles. The Kier molecular flexibility index (Phi) is 7.28. The number of fused-ring (bicyclic) bond motifs is 2. The lowest BCUT2D eigenvalue weighted by Gasteiger charge is -2.49. The molecule has 5 heterocycles. The van der Waals surface area contributed by atoms with Gasteiger partial charge in [0.2, 0.25) is 11.5 Å². The minimum absolute atomic E-state index is 0.0381. The predicted molar refractivity (Wildman–Crippen MR) is 141 cm³/mol. The normalized spacial score (nSPS) is 19.2. The standard InChI is InChI=1S/C20H21N11O5S3/c1-3-36-27-11(14-26-19(22)39-28-14)15(32)25-12-16(33)30-13(18(34)35)8(5-37-17(12)30)6-38-20-24-9(21)4-10-29(2)7-23-31(10)20/h4,7,12,17,21H,3,5-6H2,1-2H3,(H4,22,25,26,28,32,34,35)/p+1/b27-11-/t12?,17-/m0/s1. The van der Waals surface area contributed by atoms with Crippen LogP contribution in [0.5, 0.6) is 0 Å². The molecule has 19 heteroatoms. The van der Waals surface area contributed by atoms with E-state index in [0.717, 1.165) is 17.2 Å². The number of hydrogen-bond acceptors (Lipinski definition) is 14. The third-order valence-corrected chi connectivity index (χ3v) is 8.56. The predicted octanol–water partition coefficient (Wildman–Crippen LogP) is -1.16. The number of carboxylic acids is 1. The van der Waals surface area contributed by atoms with Crippen LogP contribution in [0.25, 0.3) is 5.65 Å². The highest BCUT2D eigenvalue weighted by molar-refractivity contribution is 8.01. The molecule has 6 N–H and O–H groups in total. The summed E-state index contributed by atoms with van der Waals surface area (Å²) in [5, 5.41) is 20.6. The van der Waals surface area contributed by atoms with Crippen molar-refractivity contribution < 1.29 is 28.9 Å². The van der Waals surface area contributed by atoms with Gasteiger partial charge in [0.15, 0.2) is 5.13 Å². The van der Waals surface area contributed by atoms with Gasteiger partial charge in [-0.05, 0) is 17.0 Å². The highest BCUT2D eigenvalue weighted by Crippen LogP contribution is 2.41. The number of aryl methyl sites for hydroxylation is 1. The molecule has 1 saturated heterocycles. The van der Waals surface area contributed by atoms with Crippen LogP contribution >= 0.6 is 35.1 Å². The average molecular weight is 593 g/mol. The van der Waals surface area contributed by atoms with Gasteiger partial charge in [-0.1, -0.05) is 16.9 Å². The Labute approximate surface area is 232 Å². The lowest BCUT2D eigenvalue weighted by atomic mass is 10.0. The molecule has 5 rings (SSSR count). The molecule has 2 atom stereocenters. The first kappa shape index (κ1) is 26.6. The smallest absolute Gasteiger partial charge is 0.352 e. The molecule has 39 heavy (non-hydrogen) atoms. The quantitative estimate of drug-likeness (QED) is 0.0576. The number of nitrogen functional groups attached to an aromatic ring is 2. The number of amides is 2. The van der Waals surface area contributed by atoms with Crippen LogP contribution in [-0.2, 0) is 26.3 Å². The topological polar surface area (TPSA) is 220 Å². The maximum absolute atomic E-state index is 13.1. The third kappa shape index (κ3) is 4.94. The minimum Gasteiger partial charge on any atom is -0.477 e. The summed E-state index contributed by atoms with van der Waals surface area (Å²) >= 11 is 3.47. The Balaban J connectivity index is 1.34. The van der Waals surface area contributed by atoms with Crippen LogP contribution in [0.15, 0.2) is 34.0 Å². The summed E-state index contributed by atoms with van der Waals surface area (Å²) in [6.07, 6.45) is 1.61. The van der Waals surface area contributed by atoms with Gasteiger partial charge < -0.3 is 26.7 Å². The summed E-state index contributed by atoms with van der Waals surface area (Å²) in [7, 11) is 1.82. The van der Waals surface area contributed by atoms with E-state index in [0.29, 0.717) is 22.3 Å². The second-order valence-electron chi connectivity index (χ2n) is 8.20. The minimum atomic E-state index is -1.24. The SMILES string of the molecule is CCO/N=C(\C(=O)NC1C(=O)N2C(C(=O)O)=C(CSc3nc(N)cc4n3nc[n+]4C)CS[C@@H]12)c1nsc(N)n1. The number of carbonyl (C=O) groups is 3. The van der Waals surface area contributed by atoms with Crippen molar-refractivity contribution in [2.75, 3.05) is 29.6 Å². The first-order chi connectivity index (χ1) is 18.7. The molecule has 204 valence electrons. The number of nitrogens with one attached hydrogen (secondary N) is 1. The monoisotopic (exact) mass is 592 g/mol. The molecule has 0 radical (unpaired) electrons. The number of aromatic nitrogens is 6. The Bertz CT molecular complexity index is 1550. The molecule has 1 unspecified atom stereocenters. The van der Waals surface area contributed by atoms with E-state index < -0.39 is 29.2 Å². The maximum Gasteiger partial charge on any atom is 0.352 e. The van der Waals surface area contributed by atoms with Gasteiger partial charge in [0.05, 0.1) is 13.1 Å². The molecule has 16 nitrogen and oxygen atoms in total. The molecule has 2 aliphatic heterocycles. The van der Waals surface area contributed by atoms with Gasteiger partial charge in [0, 0.05) is 28.1 Å². The number of oxime groups is 1. The zero-order valence-corrected chi connectivity index (χ0v) is 22.9. The number of nitrogens with zero attached hydrogens (tertiary/aromatic N) is 8. The summed E-state index contributed by atoms with van der Waals surface area (Å²) < 4.78 is 7.37. The summed E-state index contributed by atoms with van der Waals surface area (Å²) in [6.45, 7) is 1.87. The fraction of sp³-hybridized carbons (Fsp3) is 0.350. The van der Waals surface area contributed by atoms with Gasteiger partial charge in [-0.15, -0.1) is 11.8 Å². The van der Waals surface area contributed by atoms with Crippen LogP contribution < -0.4 is 21.4 Å². The van der Waals surface area contributed by atoms with E-state index in [9.17, 15) is 19.5 Å². The summed E-state index contributed by atoms with van der Waals surface area (Å²) in [6, 6.07) is 0.699. The van der Waals surface area contributed by atoms with Crippen LogP contribution in [0, 0.1) is 0 Å². The summed E-state index contributed by atoms with van der Waals surface area (Å²) in [5.74, 6) is -1.74. The van der Waals surface area contributed by atoms with Crippen LogP contribution in [0.1, 0.15) is 12.7 Å². The number of carboxylic acid groups (broad SMARTS) is 1. The van der Waals surface area contributed by atoms with Crippen molar-refractivity contribution in [2.24, 2.45) is 12.2 Å². The molecule has 0 aliphatic carbocycles. The van der Waals surface area contributed by atoms with Crippen LogP contribution in [-0.4, -0.2) is 87.0 Å². The first-order valence-corrected chi connectivity index (χ1v) is 14.1. The summed E-state index contributed by atoms with van der Waals surface area (Å²) in [5.41, 5.74) is 12.4. The van der Waals surface area contributed by atoms with Gasteiger partial charge in [0.1, 0.15) is 29.5 Å². The molecular formula is C20H22N11O5S3+. The lowest BCUT2D eigenvalue weighted by molar-refractivity contribution is -0.646. The fourth-order valence-corrected chi connectivity index (χ4v) is 6.81. The highest BCUT2D eigenvalue weighted by Gasteiger charge is 2.54. The van der Waals surface area contributed by atoms with E-state index in [1.165, 1.54) is 28.4 Å². The molecular weight excluding hydrogens is 570 g/mol. The van der Waals surface area contributed by atoms with Gasteiger partial charge in [-0.3, -0.25) is 14.5 Å². The summed E-state index contributed by atoms with van der Waals surface area (Å²) in [4.78, 5) is 52.8. The van der Waals surface area contributed by atoms with Crippen molar-refractivity contribution in [2.45, 2.75) is 23.5 Å². The van der Waals surface area contributed by atoms with Crippen molar-refractivity contribution in [3.8, 4) is 0 Å². The molecule has 3 aromatic rings. The molecule has 1 fully saturated rings. The highest BCUT2D eigenvalue weighted by atomic mass is 32.2. The van der Waals surface area contributed by atoms with E-state index in [-0.39, 0.29) is 34.7 Å². The Hall–Kier alpha value is -3.97. The lowest BCUT2D eigenvalue weighted by Crippen LogP contribution is -2.71. The van der Waals surface area contributed by atoms with Gasteiger partial charge >= 0.3 is 5.97 Å². The zero-order chi connectivity index (χ0) is 27.8. The average Bonchev–Trinajstić information content (AvgIpc) is 3.50. The van der Waals surface area contributed by atoms with Crippen molar-refractivity contribution >= 4 is 75.1 Å². The van der Waals surface area contributed by atoms with E-state index in [1.807, 2.05) is 7.05 Å². The van der Waals surface area contributed by atoms with Gasteiger partial charge in [-0.25, -0.2) is 9.36 Å². The van der Waals surface area contributed by atoms with Gasteiger partial charge in [-0.2, -0.15) is 14.3 Å². The molecule has 0 spiro atoms. The van der Waals surface area contributed by atoms with E-state index in [1.54, 1.807) is 28.4 Å². The number of nitrogens with two attached hydrogens (primary N) is 2. The zero-order valence-electron chi connectivity index (χ0n) is 20.5. The molecule has 2 aliphatic rings. The first-order valence-electron chi connectivity index (χ1n) is 11.3. The number of hydrogen-bond donors (Lipinski definition) is 4. The fourth-order valence-electron chi connectivity index (χ4n) is 3.92. The van der Waals surface area contributed by atoms with Crippen molar-refractivity contribution in [3.63, 3.8) is 0 Å². The molecule has 0 bridgehead atoms. The second kappa shape index (κ2) is 10.7. The number of carbonyl (C=O) groups excluding carboxylic acids is 2. The van der Waals surface area contributed by atoms with E-state index in [2.05, 4.69) is 29.9 Å². The molecule has 3 aromatic heterocycles. The van der Waals surface area contributed by atoms with Crippen LogP contribution in [0.2, 0.25) is 0 Å². The molecule has 2 amide bonds. The molecule has 0 saturated carbocycles. The Morgan fingerprint density at radius 3 is 2.87 bits per heavy atom. The van der Waals surface area contributed by atoms with Crippen molar-refractivity contribution in [1.82, 2.24) is 34.2 Å². The number of anilines is 2. The number of thioether (sulfide) groups is 2. The van der Waals surface area contributed by atoms with Gasteiger partial charge in [0.25, 0.3) is 28.9 Å². The van der Waals surface area contributed by atoms with Crippen LogP contribution in [0.3, 0.4) is 0 Å². The largest absolute Gasteiger partial charge is 0.477 e. The van der Waals surface area contributed by atoms with Crippen molar-refractivity contribution in [3.05, 3.63) is 29.5 Å². The maximum atomic E-state index is 13.1. The van der Waals surface area contributed by atoms with Crippen molar-refractivity contribution in [1.29, 1.82) is 0 Å². The number of β-lactam (4-membered cyclic amide) rings is 1. The third-order valence-electron chi connectivity index (χ3n) is 5.67. The Morgan fingerprint density at radius 2 is 2.18 bits per heavy atom. The van der Waals surface area contributed by atoms with Crippen LogP contribution in [0.4, 0.5) is 10.9 Å². The number of aliphatic carboxylic acids is 1. The van der Waals surface area contributed by atoms with E-state index >= 15 is 0 Å². The Morgan fingerprint density at radius 1 is 1.38 bits per heavy atom. The number of rotatable bonds is 9. The van der Waals surface area contributed by atoms with E-state index in [4.69, 9.17) is 16.3 Å².